The monoisotopic (exact) mass is 441 g/mol. The van der Waals surface area contributed by atoms with E-state index in [-0.39, 0.29) is 0 Å². The molecule has 0 saturated carbocycles. The number of imidazole rings is 2. The van der Waals surface area contributed by atoms with Gasteiger partial charge in [0.05, 0.1) is 18.4 Å². The van der Waals surface area contributed by atoms with Crippen molar-refractivity contribution in [1.82, 2.24) is 29.7 Å². The maximum Gasteiger partial charge on any atom is 0.194 e. The highest BCUT2D eigenvalue weighted by Gasteiger charge is 2.10. The molecule has 2 N–H and O–H groups in total. The maximum absolute atomic E-state index is 4.83. The van der Waals surface area contributed by atoms with Crippen molar-refractivity contribution in [3.63, 3.8) is 0 Å². The Morgan fingerprint density at radius 1 is 1.06 bits per heavy atom. The Morgan fingerprint density at radius 3 is 2.58 bits per heavy atom. The summed E-state index contributed by atoms with van der Waals surface area (Å²) in [5.74, 6) is 2.80. The molecule has 2 aromatic heterocycles. The fourth-order valence-corrected chi connectivity index (χ4v) is 3.73. The lowest BCUT2D eigenvalue weighted by Crippen LogP contribution is -2.38. The zero-order chi connectivity index (χ0) is 22.9. The summed E-state index contributed by atoms with van der Waals surface area (Å²) >= 11 is 0. The third kappa shape index (κ3) is 6.10. The summed E-state index contributed by atoms with van der Waals surface area (Å²) in [6, 6.07) is 20.7. The molecule has 33 heavy (non-hydrogen) atoms. The molecule has 4 aromatic rings. The van der Waals surface area contributed by atoms with Gasteiger partial charge in [0.1, 0.15) is 11.6 Å². The quantitative estimate of drug-likeness (QED) is 0.305. The second-order valence-electron chi connectivity index (χ2n) is 7.91. The van der Waals surface area contributed by atoms with Gasteiger partial charge in [-0.1, -0.05) is 60.7 Å². The van der Waals surface area contributed by atoms with Crippen molar-refractivity contribution in [1.29, 1.82) is 0 Å². The molecule has 0 bridgehead atoms. The molecule has 2 aromatic carbocycles. The maximum atomic E-state index is 4.83. The Morgan fingerprint density at radius 2 is 1.82 bits per heavy atom. The van der Waals surface area contributed by atoms with Crippen LogP contribution in [0.3, 0.4) is 0 Å². The number of nitrogens with one attached hydrogen (secondary N) is 2. The van der Waals surface area contributed by atoms with Gasteiger partial charge in [-0.05, 0) is 18.1 Å². The topological polar surface area (TPSA) is 74.1 Å². The number of benzene rings is 2. The number of hydrogen-bond donors (Lipinski definition) is 2. The van der Waals surface area contributed by atoms with Crippen LogP contribution in [0.2, 0.25) is 0 Å². The van der Waals surface area contributed by atoms with Crippen LogP contribution in [0.15, 0.2) is 84.2 Å². The SMILES string of the molecule is CCNC(=NCCc1nccn1Cc1ccccc1)N(C)Cc1ncc(-c2ccccc2)[nH]1. The fraction of sp³-hybridized carbons (Fsp3) is 0.269. The summed E-state index contributed by atoms with van der Waals surface area (Å²) in [6.07, 6.45) is 6.56. The van der Waals surface area contributed by atoms with Crippen LogP contribution in [0.1, 0.15) is 24.1 Å². The summed E-state index contributed by atoms with van der Waals surface area (Å²) in [5, 5.41) is 3.38. The third-order valence-electron chi connectivity index (χ3n) is 5.39. The molecule has 7 nitrogen and oxygen atoms in total. The first-order valence-corrected chi connectivity index (χ1v) is 11.4. The van der Waals surface area contributed by atoms with E-state index < -0.39 is 0 Å². The van der Waals surface area contributed by atoms with Crippen LogP contribution in [0.4, 0.5) is 0 Å². The molecule has 0 saturated heterocycles. The average molecular weight is 442 g/mol. The first-order chi connectivity index (χ1) is 16.2. The summed E-state index contributed by atoms with van der Waals surface area (Å²) < 4.78 is 2.19. The summed E-state index contributed by atoms with van der Waals surface area (Å²) in [4.78, 5) is 19.4. The Balaban J connectivity index is 1.37. The van der Waals surface area contributed by atoms with Crippen molar-refractivity contribution in [2.45, 2.75) is 26.4 Å². The van der Waals surface area contributed by atoms with E-state index >= 15 is 0 Å². The lowest BCUT2D eigenvalue weighted by atomic mass is 10.2. The fourth-order valence-electron chi connectivity index (χ4n) is 3.73. The number of H-pyrrole nitrogens is 1. The first kappa shape index (κ1) is 22.3. The van der Waals surface area contributed by atoms with Crippen LogP contribution in [0.5, 0.6) is 0 Å². The van der Waals surface area contributed by atoms with Gasteiger partial charge >= 0.3 is 0 Å². The molecule has 170 valence electrons. The summed E-state index contributed by atoms with van der Waals surface area (Å²) in [7, 11) is 2.03. The van der Waals surface area contributed by atoms with Gasteiger partial charge in [0.15, 0.2) is 5.96 Å². The number of aliphatic imine (C=N–C) groups is 1. The molecule has 4 rings (SSSR count). The van der Waals surface area contributed by atoms with E-state index in [1.807, 2.05) is 49.9 Å². The molecule has 0 aliphatic rings. The van der Waals surface area contributed by atoms with E-state index in [9.17, 15) is 0 Å². The van der Waals surface area contributed by atoms with Gasteiger partial charge < -0.3 is 19.8 Å². The van der Waals surface area contributed by atoms with E-state index in [4.69, 9.17) is 4.99 Å². The van der Waals surface area contributed by atoms with E-state index in [0.29, 0.717) is 13.1 Å². The Bertz CT molecular complexity index is 1150. The lowest BCUT2D eigenvalue weighted by Gasteiger charge is -2.21. The van der Waals surface area contributed by atoms with Crippen LogP contribution in [0, 0.1) is 0 Å². The van der Waals surface area contributed by atoms with Crippen molar-refractivity contribution < 1.29 is 0 Å². The van der Waals surface area contributed by atoms with Gasteiger partial charge in [-0.15, -0.1) is 0 Å². The summed E-state index contributed by atoms with van der Waals surface area (Å²) in [6.45, 7) is 5.00. The average Bonchev–Trinajstić information content (AvgIpc) is 3.49. The zero-order valence-corrected chi connectivity index (χ0v) is 19.3. The molecule has 2 heterocycles. The smallest absolute Gasteiger partial charge is 0.194 e. The van der Waals surface area contributed by atoms with Gasteiger partial charge in [0, 0.05) is 45.5 Å². The molecule has 0 aliphatic heterocycles. The number of hydrogen-bond acceptors (Lipinski definition) is 3. The Kier molecular flexibility index (Phi) is 7.53. The lowest BCUT2D eigenvalue weighted by molar-refractivity contribution is 0.464. The minimum absolute atomic E-state index is 0.640. The summed E-state index contributed by atoms with van der Waals surface area (Å²) in [5.41, 5.74) is 3.42. The molecule has 0 spiro atoms. The number of aromatic amines is 1. The number of nitrogens with zero attached hydrogens (tertiary/aromatic N) is 5. The molecule has 0 aliphatic carbocycles. The molecule has 0 unspecified atom stereocenters. The highest BCUT2D eigenvalue weighted by atomic mass is 15.3. The number of aromatic nitrogens is 4. The second kappa shape index (κ2) is 11.1. The van der Waals surface area contributed by atoms with E-state index in [0.717, 1.165) is 48.4 Å². The van der Waals surface area contributed by atoms with Gasteiger partial charge in [-0.25, -0.2) is 9.97 Å². The molecule has 7 heteroatoms. The van der Waals surface area contributed by atoms with Crippen LogP contribution in [-0.4, -0.2) is 50.5 Å². The second-order valence-corrected chi connectivity index (χ2v) is 7.91. The molecule has 0 radical (unpaired) electrons. The van der Waals surface area contributed by atoms with E-state index in [2.05, 4.69) is 73.1 Å². The molecule has 0 fully saturated rings. The number of guanidine groups is 1. The van der Waals surface area contributed by atoms with Gasteiger partial charge in [-0.3, -0.25) is 4.99 Å². The highest BCUT2D eigenvalue weighted by Crippen LogP contribution is 2.16. The van der Waals surface area contributed by atoms with E-state index in [1.165, 1.54) is 5.56 Å². The van der Waals surface area contributed by atoms with Crippen molar-refractivity contribution >= 4 is 5.96 Å². The largest absolute Gasteiger partial charge is 0.357 e. The van der Waals surface area contributed by atoms with Crippen molar-refractivity contribution in [3.8, 4) is 11.3 Å². The predicted molar refractivity (Wildman–Crippen MR) is 133 cm³/mol. The normalized spacial score (nSPS) is 11.5. The molecular formula is C26H31N7. The van der Waals surface area contributed by atoms with Gasteiger partial charge in [-0.2, -0.15) is 0 Å². The Hall–Kier alpha value is -3.87. The number of rotatable bonds is 9. The zero-order valence-electron chi connectivity index (χ0n) is 19.3. The first-order valence-electron chi connectivity index (χ1n) is 11.4. The predicted octanol–water partition coefficient (Wildman–Crippen LogP) is 3.96. The minimum atomic E-state index is 0.640. The van der Waals surface area contributed by atoms with Crippen molar-refractivity contribution in [3.05, 3.63) is 96.5 Å². The molecular weight excluding hydrogens is 410 g/mol. The van der Waals surface area contributed by atoms with Crippen LogP contribution >= 0.6 is 0 Å². The van der Waals surface area contributed by atoms with Crippen molar-refractivity contribution in [2.75, 3.05) is 20.1 Å². The van der Waals surface area contributed by atoms with Gasteiger partial charge in [0.25, 0.3) is 0 Å². The van der Waals surface area contributed by atoms with Gasteiger partial charge in [0.2, 0.25) is 0 Å². The highest BCUT2D eigenvalue weighted by molar-refractivity contribution is 5.79. The van der Waals surface area contributed by atoms with Crippen molar-refractivity contribution in [2.24, 2.45) is 4.99 Å². The third-order valence-corrected chi connectivity index (χ3v) is 5.39. The molecule has 0 atom stereocenters. The van der Waals surface area contributed by atoms with Crippen LogP contribution in [0.25, 0.3) is 11.3 Å². The standard InChI is InChI=1S/C26H31N7/c1-3-27-26(32(2)20-24-30-18-23(31-24)22-12-8-5-9-13-22)29-15-14-25-28-16-17-33(25)19-21-10-6-4-7-11-21/h4-13,16-18H,3,14-15,19-20H2,1-2H3,(H,27,29)(H,30,31). The van der Waals surface area contributed by atoms with E-state index in [1.54, 1.807) is 0 Å². The van der Waals surface area contributed by atoms with Crippen LogP contribution < -0.4 is 5.32 Å². The Labute approximate surface area is 195 Å². The van der Waals surface area contributed by atoms with Crippen LogP contribution in [-0.2, 0) is 19.5 Å². The minimum Gasteiger partial charge on any atom is -0.357 e. The molecule has 0 amide bonds.